The predicted octanol–water partition coefficient (Wildman–Crippen LogP) is 6.70. The molecule has 2 aliphatic rings. The molecule has 0 unspecified atom stereocenters. The van der Waals surface area contributed by atoms with E-state index < -0.39 is 6.10 Å². The maximum atomic E-state index is 11.6. The van der Waals surface area contributed by atoms with Crippen LogP contribution in [-0.2, 0) is 6.54 Å². The third-order valence-corrected chi connectivity index (χ3v) is 8.44. The number of nitrogens with zero attached hydrogens (tertiary/aromatic N) is 2. The fourth-order valence-corrected chi connectivity index (χ4v) is 6.76. The molecule has 0 spiro atoms. The molecule has 4 heteroatoms. The molecule has 0 bridgehead atoms. The van der Waals surface area contributed by atoms with Crippen LogP contribution in [0.15, 0.2) is 71.9 Å². The molecule has 156 valence electrons. The van der Waals surface area contributed by atoms with Crippen LogP contribution in [-0.4, -0.2) is 14.7 Å². The van der Waals surface area contributed by atoms with Crippen molar-refractivity contribution in [2.75, 3.05) is 0 Å². The summed E-state index contributed by atoms with van der Waals surface area (Å²) in [6.45, 7) is 3.23. The number of aliphatic hydroxyl groups excluding tert-OH is 1. The Morgan fingerprint density at radius 1 is 1.13 bits per heavy atom. The fraction of sp³-hybridized carbons (Fsp3) is 0.296. The number of fused-ring (bicyclic) bond motifs is 3. The number of aliphatic hydroxyl groups is 1. The molecular formula is C27H26N2OS. The average molecular weight is 427 g/mol. The first kappa shape index (κ1) is 19.0. The van der Waals surface area contributed by atoms with E-state index in [9.17, 15) is 5.11 Å². The predicted molar refractivity (Wildman–Crippen MR) is 128 cm³/mol. The van der Waals surface area contributed by atoms with Crippen molar-refractivity contribution in [1.29, 1.82) is 0 Å². The van der Waals surface area contributed by atoms with Crippen molar-refractivity contribution in [3.05, 3.63) is 83.1 Å². The summed E-state index contributed by atoms with van der Waals surface area (Å²) in [6.07, 6.45) is 7.17. The first-order chi connectivity index (χ1) is 15.1. The zero-order chi connectivity index (χ0) is 21.0. The summed E-state index contributed by atoms with van der Waals surface area (Å²) in [7, 11) is 0. The maximum Gasteiger partial charge on any atom is 0.0958 e. The zero-order valence-electron chi connectivity index (χ0n) is 17.7. The standard InChI is InChI=1S/C27H26N2OS/c1-27-16-29-17-28-25(18-8-3-2-4-9-18)23(29)14-19(27)10-7-12-22(27)26(30)21-15-31-24-13-6-5-11-20(21)24/h2-6,8-9,11,13-15,17,22,26,30H,7,10,12,16H2,1H3/t22-,26-,27+/m1/s1. The number of imidazole rings is 1. The van der Waals surface area contributed by atoms with Gasteiger partial charge in [-0.3, -0.25) is 0 Å². The number of allylic oxidation sites excluding steroid dienone is 1. The maximum absolute atomic E-state index is 11.6. The highest BCUT2D eigenvalue weighted by Crippen LogP contribution is 2.54. The SMILES string of the molecule is C[C@]12Cn3cnc(-c4ccccc4)c3C=C1CCC[C@@H]2[C@H](O)c1csc2ccccc12. The van der Waals surface area contributed by atoms with Gasteiger partial charge in [-0.25, -0.2) is 4.98 Å². The van der Waals surface area contributed by atoms with E-state index in [0.717, 1.165) is 42.6 Å². The Labute approximate surface area is 186 Å². The molecule has 0 saturated heterocycles. The van der Waals surface area contributed by atoms with Crippen LogP contribution in [0.4, 0.5) is 0 Å². The first-order valence-corrected chi connectivity index (χ1v) is 12.0. The van der Waals surface area contributed by atoms with Crippen LogP contribution >= 0.6 is 11.3 Å². The summed E-state index contributed by atoms with van der Waals surface area (Å²) >= 11 is 1.73. The lowest BCUT2D eigenvalue weighted by Crippen LogP contribution is -2.42. The lowest BCUT2D eigenvalue weighted by atomic mass is 9.60. The van der Waals surface area contributed by atoms with Crippen molar-refractivity contribution < 1.29 is 5.11 Å². The van der Waals surface area contributed by atoms with Crippen LogP contribution in [0.2, 0.25) is 0 Å². The second-order valence-corrected chi connectivity index (χ2v) is 10.1. The molecule has 3 atom stereocenters. The molecule has 2 aromatic carbocycles. The Bertz CT molecular complexity index is 1290. The Morgan fingerprint density at radius 3 is 2.81 bits per heavy atom. The van der Waals surface area contributed by atoms with Crippen LogP contribution in [0.1, 0.15) is 43.5 Å². The molecule has 1 aliphatic carbocycles. The van der Waals surface area contributed by atoms with E-state index in [4.69, 9.17) is 4.98 Å². The molecule has 6 rings (SSSR count). The van der Waals surface area contributed by atoms with Gasteiger partial charge in [-0.15, -0.1) is 11.3 Å². The highest BCUT2D eigenvalue weighted by atomic mass is 32.1. The molecule has 31 heavy (non-hydrogen) atoms. The van der Waals surface area contributed by atoms with Crippen molar-refractivity contribution in [1.82, 2.24) is 9.55 Å². The molecule has 3 heterocycles. The number of hydrogen-bond donors (Lipinski definition) is 1. The number of rotatable bonds is 3. The minimum atomic E-state index is -0.455. The number of benzene rings is 2. The largest absolute Gasteiger partial charge is 0.388 e. The summed E-state index contributed by atoms with van der Waals surface area (Å²) in [4.78, 5) is 4.78. The smallest absolute Gasteiger partial charge is 0.0958 e. The monoisotopic (exact) mass is 426 g/mol. The minimum Gasteiger partial charge on any atom is -0.388 e. The summed E-state index contributed by atoms with van der Waals surface area (Å²) in [5.41, 5.74) is 5.91. The third kappa shape index (κ3) is 2.93. The Kier molecular flexibility index (Phi) is 4.41. The summed E-state index contributed by atoms with van der Waals surface area (Å²) in [6, 6.07) is 18.9. The fourth-order valence-electron chi connectivity index (χ4n) is 5.77. The second kappa shape index (κ2) is 7.18. The van der Waals surface area contributed by atoms with Crippen LogP contribution in [0.25, 0.3) is 27.4 Å². The van der Waals surface area contributed by atoms with Crippen LogP contribution in [0, 0.1) is 11.3 Å². The van der Waals surface area contributed by atoms with Crippen LogP contribution in [0.5, 0.6) is 0 Å². The van der Waals surface area contributed by atoms with Crippen molar-refractivity contribution >= 4 is 27.5 Å². The molecule has 1 N–H and O–H groups in total. The van der Waals surface area contributed by atoms with Gasteiger partial charge in [0.25, 0.3) is 0 Å². The van der Waals surface area contributed by atoms with Crippen molar-refractivity contribution in [2.45, 2.75) is 38.8 Å². The Hall–Kier alpha value is -2.69. The Morgan fingerprint density at radius 2 is 1.94 bits per heavy atom. The van der Waals surface area contributed by atoms with Crippen LogP contribution in [0.3, 0.4) is 0 Å². The van der Waals surface area contributed by atoms with E-state index in [1.807, 2.05) is 12.4 Å². The second-order valence-electron chi connectivity index (χ2n) is 9.19. The average Bonchev–Trinajstić information content (AvgIpc) is 3.41. The summed E-state index contributed by atoms with van der Waals surface area (Å²) < 4.78 is 3.55. The van der Waals surface area contributed by atoms with Gasteiger partial charge in [0.2, 0.25) is 0 Å². The normalized spacial score (nSPS) is 23.8. The van der Waals surface area contributed by atoms with Gasteiger partial charge in [-0.2, -0.15) is 0 Å². The molecule has 1 fully saturated rings. The van der Waals surface area contributed by atoms with E-state index in [-0.39, 0.29) is 11.3 Å². The van der Waals surface area contributed by atoms with Gasteiger partial charge in [0.1, 0.15) is 0 Å². The topological polar surface area (TPSA) is 38.0 Å². The van der Waals surface area contributed by atoms with E-state index >= 15 is 0 Å². The van der Waals surface area contributed by atoms with Gasteiger partial charge < -0.3 is 9.67 Å². The molecule has 2 aromatic heterocycles. The molecule has 0 amide bonds. The highest BCUT2D eigenvalue weighted by molar-refractivity contribution is 7.17. The van der Waals surface area contributed by atoms with Gasteiger partial charge >= 0.3 is 0 Å². The van der Waals surface area contributed by atoms with Crippen LogP contribution < -0.4 is 0 Å². The van der Waals surface area contributed by atoms with E-state index in [1.54, 1.807) is 11.3 Å². The first-order valence-electron chi connectivity index (χ1n) is 11.1. The van der Waals surface area contributed by atoms with E-state index in [0.29, 0.717) is 0 Å². The van der Waals surface area contributed by atoms with Gasteiger partial charge in [0.15, 0.2) is 0 Å². The lowest BCUT2D eigenvalue weighted by molar-refractivity contribution is 0.0134. The number of thiophene rings is 1. The van der Waals surface area contributed by atoms with E-state index in [1.165, 1.54) is 21.4 Å². The molecule has 4 aromatic rings. The lowest BCUT2D eigenvalue weighted by Gasteiger charge is -2.48. The van der Waals surface area contributed by atoms with E-state index in [2.05, 4.69) is 71.5 Å². The minimum absolute atomic E-state index is 0.0671. The summed E-state index contributed by atoms with van der Waals surface area (Å²) in [5.74, 6) is 0.196. The zero-order valence-corrected chi connectivity index (χ0v) is 18.5. The van der Waals surface area contributed by atoms with Crippen molar-refractivity contribution in [3.63, 3.8) is 0 Å². The highest BCUT2D eigenvalue weighted by Gasteiger charge is 2.46. The molecular weight excluding hydrogens is 400 g/mol. The third-order valence-electron chi connectivity index (χ3n) is 7.46. The molecule has 1 aliphatic heterocycles. The van der Waals surface area contributed by atoms with Gasteiger partial charge in [0, 0.05) is 22.2 Å². The molecule has 3 nitrogen and oxygen atoms in total. The van der Waals surface area contributed by atoms with Crippen molar-refractivity contribution in [2.24, 2.45) is 11.3 Å². The summed E-state index contributed by atoms with van der Waals surface area (Å²) in [5, 5.41) is 15.0. The number of hydrogen-bond acceptors (Lipinski definition) is 3. The quantitative estimate of drug-likeness (QED) is 0.396. The van der Waals surface area contributed by atoms with Crippen molar-refractivity contribution in [3.8, 4) is 11.3 Å². The van der Waals surface area contributed by atoms with Gasteiger partial charge in [0.05, 0.1) is 23.8 Å². The molecule has 1 saturated carbocycles. The molecule has 0 radical (unpaired) electrons. The Balaban J connectivity index is 1.40. The number of aromatic nitrogens is 2. The van der Waals surface area contributed by atoms with Gasteiger partial charge in [-0.1, -0.05) is 61.0 Å². The van der Waals surface area contributed by atoms with Gasteiger partial charge in [-0.05, 0) is 53.7 Å².